The van der Waals surface area contributed by atoms with Crippen molar-refractivity contribution in [3.63, 3.8) is 0 Å². The quantitative estimate of drug-likeness (QED) is 0.345. The Bertz CT molecular complexity index is 1400. The molecule has 1 amide bonds. The predicted octanol–water partition coefficient (Wildman–Crippen LogP) is 3.99. The number of anilines is 3. The molecule has 1 saturated heterocycles. The first kappa shape index (κ1) is 23.4. The lowest BCUT2D eigenvalue weighted by Crippen LogP contribution is -2.30. The Balaban J connectivity index is 1.30. The largest absolute Gasteiger partial charge is 0.486 e. The first-order valence-electron chi connectivity index (χ1n) is 11.3. The number of pyridine rings is 1. The van der Waals surface area contributed by atoms with Gasteiger partial charge in [-0.1, -0.05) is 18.2 Å². The first-order valence-corrected chi connectivity index (χ1v) is 11.7. The van der Waals surface area contributed by atoms with Crippen LogP contribution >= 0.6 is 11.6 Å². The summed E-state index contributed by atoms with van der Waals surface area (Å²) in [4.78, 5) is 35.1. The maximum absolute atomic E-state index is 11.9. The molecule has 2 N–H and O–H groups in total. The van der Waals surface area contributed by atoms with Crippen LogP contribution in [0.25, 0.3) is 11.0 Å². The van der Waals surface area contributed by atoms with Crippen LogP contribution in [0.15, 0.2) is 67.9 Å². The summed E-state index contributed by atoms with van der Waals surface area (Å²) in [6, 6.07) is 11.0. The third kappa shape index (κ3) is 5.33. The molecule has 36 heavy (non-hydrogen) atoms. The van der Waals surface area contributed by atoms with Crippen LogP contribution in [0.2, 0.25) is 5.02 Å². The molecule has 1 aliphatic rings. The van der Waals surface area contributed by atoms with Gasteiger partial charge in [-0.25, -0.2) is 24.9 Å². The highest BCUT2D eigenvalue weighted by Gasteiger charge is 2.25. The number of carbonyl (C=O) groups is 1. The third-order valence-corrected chi connectivity index (χ3v) is 6.02. The van der Waals surface area contributed by atoms with Gasteiger partial charge in [-0.2, -0.15) is 0 Å². The van der Waals surface area contributed by atoms with Crippen molar-refractivity contribution < 1.29 is 9.53 Å². The van der Waals surface area contributed by atoms with E-state index in [1.807, 2.05) is 18.2 Å². The van der Waals surface area contributed by atoms with Crippen molar-refractivity contribution in [2.45, 2.75) is 19.1 Å². The topological polar surface area (TPSA) is 118 Å². The standard InChI is InChI=1S/C25H23ClN8O2/c1-2-23(35)34-10-8-17(12-34)31-22-6-4-20-24(33-22)25(30-15-29-20)32-16-3-5-21(19(26)11-16)36-13-18-7-9-27-14-28-18/h2-7,9,11,14-15,17H,1,8,10,12-13H2,(H,31,33)(H,29,30,32)/t17-/m0/s1. The summed E-state index contributed by atoms with van der Waals surface area (Å²) in [5, 5.41) is 7.13. The number of likely N-dealkylation sites (tertiary alicyclic amines) is 1. The van der Waals surface area contributed by atoms with Gasteiger partial charge < -0.3 is 20.3 Å². The number of aromatic nitrogens is 5. The Morgan fingerprint density at radius 1 is 1.19 bits per heavy atom. The van der Waals surface area contributed by atoms with Crippen molar-refractivity contribution in [3.05, 3.63) is 78.6 Å². The minimum atomic E-state index is -0.0604. The molecule has 0 radical (unpaired) electrons. The van der Waals surface area contributed by atoms with Gasteiger partial charge in [0.05, 0.1) is 16.2 Å². The second-order valence-corrected chi connectivity index (χ2v) is 8.57. The fourth-order valence-corrected chi connectivity index (χ4v) is 4.15. The number of amides is 1. The molecule has 0 aliphatic carbocycles. The van der Waals surface area contributed by atoms with Crippen LogP contribution in [0.3, 0.4) is 0 Å². The Morgan fingerprint density at radius 3 is 2.92 bits per heavy atom. The molecule has 3 aromatic heterocycles. The van der Waals surface area contributed by atoms with E-state index in [1.54, 1.807) is 29.3 Å². The fourth-order valence-electron chi connectivity index (χ4n) is 3.92. The molecule has 0 bridgehead atoms. The van der Waals surface area contributed by atoms with E-state index < -0.39 is 0 Å². The first-order chi connectivity index (χ1) is 17.6. The number of fused-ring (bicyclic) bond motifs is 1. The highest BCUT2D eigenvalue weighted by atomic mass is 35.5. The Kier molecular flexibility index (Phi) is 6.85. The SMILES string of the molecule is C=CC(=O)N1CC[C@H](Nc2ccc3ncnc(Nc4ccc(OCc5ccncn5)c(Cl)c4)c3n2)C1. The van der Waals surface area contributed by atoms with Gasteiger partial charge in [0.15, 0.2) is 5.82 Å². The number of hydrogen-bond acceptors (Lipinski definition) is 9. The number of hydrogen-bond donors (Lipinski definition) is 2. The number of nitrogens with one attached hydrogen (secondary N) is 2. The minimum absolute atomic E-state index is 0.0604. The van der Waals surface area contributed by atoms with Crippen molar-refractivity contribution in [2.24, 2.45) is 0 Å². The second-order valence-electron chi connectivity index (χ2n) is 8.16. The van der Waals surface area contributed by atoms with E-state index in [0.29, 0.717) is 46.5 Å². The zero-order valence-corrected chi connectivity index (χ0v) is 20.0. The molecule has 4 aromatic rings. The summed E-state index contributed by atoms with van der Waals surface area (Å²) in [5.41, 5.74) is 2.79. The Morgan fingerprint density at radius 2 is 2.11 bits per heavy atom. The minimum Gasteiger partial charge on any atom is -0.486 e. The molecule has 0 unspecified atom stereocenters. The van der Waals surface area contributed by atoms with Crippen molar-refractivity contribution in [1.82, 2.24) is 29.8 Å². The number of halogens is 1. The summed E-state index contributed by atoms with van der Waals surface area (Å²) in [5.74, 6) is 1.71. The van der Waals surface area contributed by atoms with E-state index in [4.69, 9.17) is 21.3 Å². The molecule has 0 spiro atoms. The van der Waals surface area contributed by atoms with Crippen LogP contribution in [0.5, 0.6) is 5.75 Å². The van der Waals surface area contributed by atoms with Gasteiger partial charge in [-0.05, 0) is 48.9 Å². The highest BCUT2D eigenvalue weighted by Crippen LogP contribution is 2.31. The normalized spacial score (nSPS) is 15.0. The summed E-state index contributed by atoms with van der Waals surface area (Å²) < 4.78 is 5.78. The molecule has 1 aliphatic heterocycles. The lowest BCUT2D eigenvalue weighted by Gasteiger charge is -2.16. The maximum Gasteiger partial charge on any atom is 0.246 e. The number of carbonyl (C=O) groups excluding carboxylic acids is 1. The van der Waals surface area contributed by atoms with Crippen LogP contribution in [0.4, 0.5) is 17.3 Å². The number of benzene rings is 1. The fraction of sp³-hybridized carbons (Fsp3) is 0.200. The zero-order valence-electron chi connectivity index (χ0n) is 19.3. The summed E-state index contributed by atoms with van der Waals surface area (Å²) in [6.07, 6.45) is 6.79. The summed E-state index contributed by atoms with van der Waals surface area (Å²) >= 11 is 6.45. The van der Waals surface area contributed by atoms with Gasteiger partial charge in [0, 0.05) is 31.0 Å². The highest BCUT2D eigenvalue weighted by molar-refractivity contribution is 6.32. The van der Waals surface area contributed by atoms with Crippen LogP contribution in [0.1, 0.15) is 12.1 Å². The van der Waals surface area contributed by atoms with E-state index in [-0.39, 0.29) is 18.6 Å². The summed E-state index contributed by atoms with van der Waals surface area (Å²) in [6.45, 7) is 5.13. The zero-order chi connectivity index (χ0) is 24.9. The maximum atomic E-state index is 11.9. The molecule has 1 aromatic carbocycles. The van der Waals surface area contributed by atoms with Gasteiger partial charge in [-0.3, -0.25) is 4.79 Å². The van der Waals surface area contributed by atoms with E-state index in [9.17, 15) is 4.79 Å². The lowest BCUT2D eigenvalue weighted by molar-refractivity contribution is -0.125. The van der Waals surface area contributed by atoms with E-state index >= 15 is 0 Å². The van der Waals surface area contributed by atoms with E-state index in [1.165, 1.54) is 18.7 Å². The smallest absolute Gasteiger partial charge is 0.246 e. The molecule has 5 rings (SSSR count). The van der Waals surface area contributed by atoms with Crippen molar-refractivity contribution in [2.75, 3.05) is 23.7 Å². The van der Waals surface area contributed by atoms with E-state index in [0.717, 1.165) is 17.8 Å². The van der Waals surface area contributed by atoms with Crippen LogP contribution < -0.4 is 15.4 Å². The molecule has 11 heteroatoms. The van der Waals surface area contributed by atoms with Crippen LogP contribution in [0, 0.1) is 0 Å². The molecule has 182 valence electrons. The van der Waals surface area contributed by atoms with Gasteiger partial charge >= 0.3 is 0 Å². The van der Waals surface area contributed by atoms with Gasteiger partial charge in [0.25, 0.3) is 0 Å². The monoisotopic (exact) mass is 502 g/mol. The number of ether oxygens (including phenoxy) is 1. The molecule has 1 fully saturated rings. The Labute approximate surface area is 212 Å². The number of nitrogens with zero attached hydrogens (tertiary/aromatic N) is 6. The third-order valence-electron chi connectivity index (χ3n) is 5.72. The van der Waals surface area contributed by atoms with Crippen molar-refractivity contribution in [1.29, 1.82) is 0 Å². The number of rotatable bonds is 8. The van der Waals surface area contributed by atoms with Crippen LogP contribution in [-0.2, 0) is 11.4 Å². The second kappa shape index (κ2) is 10.5. The van der Waals surface area contributed by atoms with Crippen LogP contribution in [-0.4, -0.2) is 54.9 Å². The van der Waals surface area contributed by atoms with Gasteiger partial charge in [0.2, 0.25) is 5.91 Å². The Hall–Kier alpha value is -4.31. The van der Waals surface area contributed by atoms with Gasteiger partial charge in [-0.15, -0.1) is 0 Å². The molecular formula is C25H23ClN8O2. The van der Waals surface area contributed by atoms with Crippen molar-refractivity contribution >= 4 is 45.9 Å². The average Bonchev–Trinajstić information content (AvgIpc) is 3.37. The molecular weight excluding hydrogens is 480 g/mol. The lowest BCUT2D eigenvalue weighted by atomic mass is 10.2. The molecule has 1 atom stereocenters. The van der Waals surface area contributed by atoms with Crippen molar-refractivity contribution in [3.8, 4) is 5.75 Å². The molecule has 10 nitrogen and oxygen atoms in total. The van der Waals surface area contributed by atoms with E-state index in [2.05, 4.69) is 37.1 Å². The molecule has 4 heterocycles. The molecule has 0 saturated carbocycles. The van der Waals surface area contributed by atoms with Gasteiger partial charge in [0.1, 0.15) is 36.3 Å². The predicted molar refractivity (Wildman–Crippen MR) is 137 cm³/mol. The average molecular weight is 503 g/mol. The summed E-state index contributed by atoms with van der Waals surface area (Å²) in [7, 11) is 0.